The Morgan fingerprint density at radius 1 is 1.17 bits per heavy atom. The highest BCUT2D eigenvalue weighted by Gasteiger charge is 2.18. The molecule has 1 aliphatic heterocycles. The van der Waals surface area contributed by atoms with Crippen molar-refractivity contribution in [3.05, 3.63) is 54.3 Å². The first kappa shape index (κ1) is 15.1. The first-order valence-corrected chi connectivity index (χ1v) is 8.39. The van der Waals surface area contributed by atoms with E-state index in [0.717, 1.165) is 24.0 Å². The summed E-state index contributed by atoms with van der Waals surface area (Å²) >= 11 is 0. The summed E-state index contributed by atoms with van der Waals surface area (Å²) < 4.78 is 21.8. The molecule has 1 atom stereocenters. The zero-order valence-electron chi connectivity index (χ0n) is 13.4. The van der Waals surface area contributed by atoms with Crippen molar-refractivity contribution in [2.24, 2.45) is 5.92 Å². The Hall–Kier alpha value is -2.40. The Morgan fingerprint density at radius 2 is 2.00 bits per heavy atom. The molecular weight excluding hydrogens is 305 g/mol. The van der Waals surface area contributed by atoms with Crippen molar-refractivity contribution >= 4 is 10.9 Å². The van der Waals surface area contributed by atoms with E-state index in [4.69, 9.17) is 4.74 Å². The van der Waals surface area contributed by atoms with Gasteiger partial charge in [-0.25, -0.2) is 9.07 Å². The van der Waals surface area contributed by atoms with Crippen LogP contribution in [0.2, 0.25) is 0 Å². The van der Waals surface area contributed by atoms with Gasteiger partial charge >= 0.3 is 0 Å². The maximum atomic E-state index is 14.2. The average Bonchev–Trinajstić information content (AvgIpc) is 3.00. The Kier molecular flexibility index (Phi) is 4.17. The summed E-state index contributed by atoms with van der Waals surface area (Å²) in [4.78, 5) is 0. The predicted octanol–water partition coefficient (Wildman–Crippen LogP) is 3.54. The molecule has 0 spiro atoms. The quantitative estimate of drug-likeness (QED) is 0.797. The lowest BCUT2D eigenvalue weighted by Gasteiger charge is -2.22. The maximum absolute atomic E-state index is 14.2. The predicted molar refractivity (Wildman–Crippen MR) is 92.1 cm³/mol. The van der Waals surface area contributed by atoms with Gasteiger partial charge in [0.2, 0.25) is 5.88 Å². The number of benzene rings is 2. The number of hydrogen-bond acceptors (Lipinski definition) is 3. The Labute approximate surface area is 140 Å². The summed E-state index contributed by atoms with van der Waals surface area (Å²) in [6, 6.07) is 14.4. The Bertz CT molecular complexity index is 839. The van der Waals surface area contributed by atoms with Gasteiger partial charge in [-0.05, 0) is 43.7 Å². The van der Waals surface area contributed by atoms with E-state index < -0.39 is 0 Å². The third-order valence-corrected chi connectivity index (χ3v) is 4.49. The van der Waals surface area contributed by atoms with E-state index in [1.54, 1.807) is 16.8 Å². The van der Waals surface area contributed by atoms with Crippen LogP contribution in [0.5, 0.6) is 5.88 Å². The number of aromatic nitrogens is 2. The molecule has 4 nitrogen and oxygen atoms in total. The van der Waals surface area contributed by atoms with Crippen LogP contribution in [-0.2, 0) is 0 Å². The normalized spacial score (nSPS) is 18.0. The molecule has 1 aromatic heterocycles. The molecule has 1 unspecified atom stereocenters. The second-order valence-corrected chi connectivity index (χ2v) is 6.21. The smallest absolute Gasteiger partial charge is 0.241 e. The molecule has 2 aromatic carbocycles. The van der Waals surface area contributed by atoms with Crippen LogP contribution < -0.4 is 10.1 Å². The van der Waals surface area contributed by atoms with Gasteiger partial charge in [0, 0.05) is 12.5 Å². The number of para-hydroxylation sites is 2. The van der Waals surface area contributed by atoms with Gasteiger partial charge in [-0.1, -0.05) is 24.3 Å². The van der Waals surface area contributed by atoms with E-state index >= 15 is 0 Å². The highest BCUT2D eigenvalue weighted by molar-refractivity contribution is 5.86. The SMILES string of the molecule is Fc1ccccc1-n1nc(OCC2CCCNC2)c2ccccc21. The van der Waals surface area contributed by atoms with E-state index in [1.165, 1.54) is 18.9 Å². The molecule has 0 saturated carbocycles. The Balaban J connectivity index is 1.67. The fourth-order valence-corrected chi connectivity index (χ4v) is 3.21. The van der Waals surface area contributed by atoms with Gasteiger partial charge in [-0.15, -0.1) is 5.10 Å². The van der Waals surface area contributed by atoms with E-state index in [2.05, 4.69) is 10.4 Å². The number of nitrogens with zero attached hydrogens (tertiary/aromatic N) is 2. The molecule has 0 radical (unpaired) electrons. The third kappa shape index (κ3) is 2.87. The van der Waals surface area contributed by atoms with E-state index in [0.29, 0.717) is 24.1 Å². The average molecular weight is 325 g/mol. The molecule has 1 N–H and O–H groups in total. The second kappa shape index (κ2) is 6.61. The van der Waals surface area contributed by atoms with Crippen molar-refractivity contribution in [3.8, 4) is 11.6 Å². The molecule has 0 aliphatic carbocycles. The first-order chi connectivity index (χ1) is 11.8. The molecule has 2 heterocycles. The molecular formula is C19H20FN3O. The lowest BCUT2D eigenvalue weighted by molar-refractivity contribution is 0.213. The van der Waals surface area contributed by atoms with Crippen molar-refractivity contribution in [2.45, 2.75) is 12.8 Å². The van der Waals surface area contributed by atoms with Crippen molar-refractivity contribution < 1.29 is 9.13 Å². The van der Waals surface area contributed by atoms with Crippen LogP contribution in [0.15, 0.2) is 48.5 Å². The van der Waals surface area contributed by atoms with Crippen LogP contribution in [-0.4, -0.2) is 29.5 Å². The fraction of sp³-hybridized carbons (Fsp3) is 0.316. The van der Waals surface area contributed by atoms with Crippen molar-refractivity contribution in [1.29, 1.82) is 0 Å². The van der Waals surface area contributed by atoms with Crippen molar-refractivity contribution in [1.82, 2.24) is 15.1 Å². The van der Waals surface area contributed by atoms with Crippen molar-refractivity contribution in [2.75, 3.05) is 19.7 Å². The summed E-state index contributed by atoms with van der Waals surface area (Å²) in [5.74, 6) is 0.768. The lowest BCUT2D eigenvalue weighted by Crippen LogP contribution is -2.33. The summed E-state index contributed by atoms with van der Waals surface area (Å²) in [7, 11) is 0. The zero-order chi connectivity index (χ0) is 16.4. The van der Waals surface area contributed by atoms with Gasteiger partial charge in [0.05, 0.1) is 17.5 Å². The van der Waals surface area contributed by atoms with E-state index in [1.807, 2.05) is 30.3 Å². The number of fused-ring (bicyclic) bond motifs is 1. The molecule has 0 bridgehead atoms. The minimum Gasteiger partial charge on any atom is -0.476 e. The van der Waals surface area contributed by atoms with Gasteiger partial charge in [-0.3, -0.25) is 0 Å². The van der Waals surface area contributed by atoms with Crippen LogP contribution in [0.4, 0.5) is 4.39 Å². The lowest BCUT2D eigenvalue weighted by atomic mass is 10.0. The summed E-state index contributed by atoms with van der Waals surface area (Å²) in [5.41, 5.74) is 1.28. The minimum atomic E-state index is -0.297. The summed E-state index contributed by atoms with van der Waals surface area (Å²) in [6.45, 7) is 2.69. The van der Waals surface area contributed by atoms with Gasteiger partial charge in [0.15, 0.2) is 0 Å². The van der Waals surface area contributed by atoms with E-state index in [9.17, 15) is 4.39 Å². The monoisotopic (exact) mass is 325 g/mol. The summed E-state index contributed by atoms with van der Waals surface area (Å²) in [6.07, 6.45) is 2.34. The number of nitrogens with one attached hydrogen (secondary N) is 1. The largest absolute Gasteiger partial charge is 0.476 e. The highest BCUT2D eigenvalue weighted by atomic mass is 19.1. The van der Waals surface area contributed by atoms with Gasteiger partial charge in [0.25, 0.3) is 0 Å². The minimum absolute atomic E-state index is 0.297. The standard InChI is InChI=1S/C19H20FN3O/c20-16-8-2-4-10-18(16)23-17-9-3-1-7-15(17)19(22-23)24-13-14-6-5-11-21-12-14/h1-4,7-10,14,21H,5-6,11-13H2. The molecule has 1 saturated heterocycles. The van der Waals surface area contributed by atoms with Crippen LogP contribution in [0.1, 0.15) is 12.8 Å². The zero-order valence-corrected chi connectivity index (χ0v) is 13.4. The molecule has 3 aromatic rings. The topological polar surface area (TPSA) is 39.1 Å². The van der Waals surface area contributed by atoms with Crippen LogP contribution in [0.25, 0.3) is 16.6 Å². The first-order valence-electron chi connectivity index (χ1n) is 8.39. The summed E-state index contributed by atoms with van der Waals surface area (Å²) in [5, 5.41) is 8.84. The highest BCUT2D eigenvalue weighted by Crippen LogP contribution is 2.28. The van der Waals surface area contributed by atoms with Crippen molar-refractivity contribution in [3.63, 3.8) is 0 Å². The maximum Gasteiger partial charge on any atom is 0.241 e. The number of ether oxygens (including phenoxy) is 1. The van der Waals surface area contributed by atoms with Crippen LogP contribution in [0.3, 0.4) is 0 Å². The number of rotatable bonds is 4. The second-order valence-electron chi connectivity index (χ2n) is 6.21. The van der Waals surface area contributed by atoms with Gasteiger partial charge < -0.3 is 10.1 Å². The number of halogens is 1. The molecule has 4 rings (SSSR count). The van der Waals surface area contributed by atoms with Crippen LogP contribution in [0, 0.1) is 11.7 Å². The Morgan fingerprint density at radius 3 is 2.83 bits per heavy atom. The molecule has 5 heteroatoms. The molecule has 1 fully saturated rings. The third-order valence-electron chi connectivity index (χ3n) is 4.49. The molecule has 0 amide bonds. The van der Waals surface area contributed by atoms with E-state index in [-0.39, 0.29) is 5.82 Å². The molecule has 1 aliphatic rings. The molecule has 24 heavy (non-hydrogen) atoms. The molecule has 124 valence electrons. The van der Waals surface area contributed by atoms with Gasteiger partial charge in [0.1, 0.15) is 11.5 Å². The van der Waals surface area contributed by atoms with Gasteiger partial charge in [-0.2, -0.15) is 0 Å². The fourth-order valence-electron chi connectivity index (χ4n) is 3.21. The van der Waals surface area contributed by atoms with Crippen LogP contribution >= 0.6 is 0 Å². The number of hydrogen-bond donors (Lipinski definition) is 1. The number of piperidine rings is 1.